The van der Waals surface area contributed by atoms with E-state index in [-0.39, 0.29) is 5.91 Å². The van der Waals surface area contributed by atoms with Gasteiger partial charge in [-0.05, 0) is 19.4 Å². The first-order chi connectivity index (χ1) is 6.62. The van der Waals surface area contributed by atoms with Gasteiger partial charge in [-0.25, -0.2) is 0 Å². The molecule has 0 aromatic heterocycles. The molecule has 0 radical (unpaired) electrons. The van der Waals surface area contributed by atoms with Gasteiger partial charge in [-0.15, -0.1) is 0 Å². The molecule has 0 unspecified atom stereocenters. The van der Waals surface area contributed by atoms with Crippen LogP contribution in [0.3, 0.4) is 0 Å². The smallest absolute Gasteiger partial charge is 0.218 e. The third-order valence-electron chi connectivity index (χ3n) is 2.79. The molecule has 4 heteroatoms. The van der Waals surface area contributed by atoms with Crippen LogP contribution >= 0.6 is 0 Å². The van der Waals surface area contributed by atoms with Crippen molar-refractivity contribution in [3.8, 4) is 6.07 Å². The van der Waals surface area contributed by atoms with Crippen LogP contribution in [0.4, 0.5) is 0 Å². The minimum absolute atomic E-state index is 0.114. The molecule has 1 aliphatic rings. The lowest BCUT2D eigenvalue weighted by Gasteiger charge is -2.36. The fourth-order valence-corrected chi connectivity index (χ4v) is 1.85. The lowest BCUT2D eigenvalue weighted by molar-refractivity contribution is -0.120. The zero-order valence-corrected chi connectivity index (χ0v) is 8.84. The molecular weight excluding hydrogens is 178 g/mol. The van der Waals surface area contributed by atoms with Crippen LogP contribution in [0.2, 0.25) is 0 Å². The fraction of sp³-hybridized carbons (Fsp3) is 0.800. The Morgan fingerprint density at radius 2 is 2.14 bits per heavy atom. The Kier molecular flexibility index (Phi) is 3.48. The number of nitriles is 1. The molecule has 1 aliphatic heterocycles. The van der Waals surface area contributed by atoms with Crippen molar-refractivity contribution in [3.05, 3.63) is 0 Å². The standard InChI is InChI=1S/C10H17N3O/c1-3-13-6-4-10(8-11,5-7-13)12-9(2)14/h3-7H2,1-2H3,(H,12,14). The zero-order valence-electron chi connectivity index (χ0n) is 8.84. The number of likely N-dealkylation sites (tertiary alicyclic amines) is 1. The highest BCUT2D eigenvalue weighted by atomic mass is 16.1. The van der Waals surface area contributed by atoms with E-state index in [9.17, 15) is 4.79 Å². The third-order valence-corrected chi connectivity index (χ3v) is 2.79. The Morgan fingerprint density at radius 3 is 2.50 bits per heavy atom. The number of amides is 1. The van der Waals surface area contributed by atoms with E-state index in [1.54, 1.807) is 0 Å². The number of piperidine rings is 1. The van der Waals surface area contributed by atoms with Crippen LogP contribution in [0, 0.1) is 11.3 Å². The summed E-state index contributed by atoms with van der Waals surface area (Å²) < 4.78 is 0. The summed E-state index contributed by atoms with van der Waals surface area (Å²) in [4.78, 5) is 13.2. The maximum Gasteiger partial charge on any atom is 0.218 e. The van der Waals surface area contributed by atoms with Crippen molar-refractivity contribution in [3.63, 3.8) is 0 Å². The van der Waals surface area contributed by atoms with Gasteiger partial charge in [0.25, 0.3) is 0 Å². The number of rotatable bonds is 2. The Morgan fingerprint density at radius 1 is 1.57 bits per heavy atom. The normalized spacial score (nSPS) is 21.2. The van der Waals surface area contributed by atoms with E-state index in [0.29, 0.717) is 0 Å². The summed E-state index contributed by atoms with van der Waals surface area (Å²) in [6, 6.07) is 2.23. The van der Waals surface area contributed by atoms with Gasteiger partial charge in [-0.1, -0.05) is 6.92 Å². The predicted octanol–water partition coefficient (Wildman–Crippen LogP) is 0.501. The number of hydrogen-bond acceptors (Lipinski definition) is 3. The second kappa shape index (κ2) is 4.43. The predicted molar refractivity (Wildman–Crippen MR) is 53.5 cm³/mol. The van der Waals surface area contributed by atoms with E-state index >= 15 is 0 Å². The Hall–Kier alpha value is -1.08. The van der Waals surface area contributed by atoms with Crippen LogP contribution in [0.15, 0.2) is 0 Å². The first kappa shape index (κ1) is 11.0. The minimum atomic E-state index is -0.614. The molecule has 0 saturated carbocycles. The molecule has 1 rings (SSSR count). The number of carbonyl (C=O) groups excluding carboxylic acids is 1. The Balaban J connectivity index is 2.58. The van der Waals surface area contributed by atoms with Crippen LogP contribution < -0.4 is 5.32 Å². The molecule has 1 fully saturated rings. The van der Waals surface area contributed by atoms with Gasteiger partial charge in [0.15, 0.2) is 0 Å². The van der Waals surface area contributed by atoms with E-state index in [1.165, 1.54) is 6.92 Å². The van der Waals surface area contributed by atoms with E-state index in [0.717, 1.165) is 32.5 Å². The zero-order chi connectivity index (χ0) is 10.6. The second-order valence-corrected chi connectivity index (χ2v) is 3.81. The molecule has 0 aliphatic carbocycles. The van der Waals surface area contributed by atoms with Gasteiger partial charge in [-0.2, -0.15) is 5.26 Å². The number of nitrogens with zero attached hydrogens (tertiary/aromatic N) is 2. The summed E-state index contributed by atoms with van der Waals surface area (Å²) in [5.41, 5.74) is -0.614. The summed E-state index contributed by atoms with van der Waals surface area (Å²) in [6.45, 7) is 6.37. The quantitative estimate of drug-likeness (QED) is 0.698. The molecule has 1 N–H and O–H groups in total. The van der Waals surface area contributed by atoms with Crippen molar-refractivity contribution in [2.24, 2.45) is 0 Å². The minimum Gasteiger partial charge on any atom is -0.338 e. The van der Waals surface area contributed by atoms with Gasteiger partial charge in [0.1, 0.15) is 5.54 Å². The number of carbonyl (C=O) groups is 1. The van der Waals surface area contributed by atoms with Crippen LogP contribution in [-0.4, -0.2) is 36.0 Å². The van der Waals surface area contributed by atoms with Gasteiger partial charge in [0.2, 0.25) is 5.91 Å². The number of hydrogen-bond donors (Lipinski definition) is 1. The topological polar surface area (TPSA) is 56.1 Å². The maximum absolute atomic E-state index is 11.0. The maximum atomic E-state index is 11.0. The van der Waals surface area contributed by atoms with E-state index in [2.05, 4.69) is 23.2 Å². The second-order valence-electron chi connectivity index (χ2n) is 3.81. The van der Waals surface area contributed by atoms with Gasteiger partial charge in [-0.3, -0.25) is 4.79 Å². The van der Waals surface area contributed by atoms with E-state index in [4.69, 9.17) is 5.26 Å². The lowest BCUT2D eigenvalue weighted by Crippen LogP contribution is -2.53. The average Bonchev–Trinajstić information content (AvgIpc) is 2.18. The average molecular weight is 195 g/mol. The van der Waals surface area contributed by atoms with Crippen LogP contribution in [-0.2, 0) is 4.79 Å². The number of nitrogens with one attached hydrogen (secondary N) is 1. The molecule has 14 heavy (non-hydrogen) atoms. The van der Waals surface area contributed by atoms with Crippen LogP contribution in [0.1, 0.15) is 26.7 Å². The summed E-state index contributed by atoms with van der Waals surface area (Å²) in [5.74, 6) is -0.114. The molecule has 1 amide bonds. The Bertz CT molecular complexity index is 249. The summed E-state index contributed by atoms with van der Waals surface area (Å²) >= 11 is 0. The monoisotopic (exact) mass is 195 g/mol. The molecule has 1 heterocycles. The van der Waals surface area contributed by atoms with Gasteiger partial charge in [0.05, 0.1) is 6.07 Å². The lowest BCUT2D eigenvalue weighted by atomic mass is 9.89. The Labute approximate surface area is 84.9 Å². The molecule has 0 atom stereocenters. The summed E-state index contributed by atoms with van der Waals surface area (Å²) in [5, 5.41) is 11.8. The highest BCUT2D eigenvalue weighted by Gasteiger charge is 2.34. The van der Waals surface area contributed by atoms with E-state index in [1.807, 2.05) is 0 Å². The van der Waals surface area contributed by atoms with Gasteiger partial charge >= 0.3 is 0 Å². The SMILES string of the molecule is CCN1CCC(C#N)(NC(C)=O)CC1. The molecule has 0 spiro atoms. The van der Waals surface area contributed by atoms with Crippen molar-refractivity contribution in [1.29, 1.82) is 5.26 Å². The van der Waals surface area contributed by atoms with Crippen molar-refractivity contribution in [1.82, 2.24) is 10.2 Å². The molecule has 4 nitrogen and oxygen atoms in total. The fourth-order valence-electron chi connectivity index (χ4n) is 1.85. The van der Waals surface area contributed by atoms with Crippen molar-refractivity contribution in [2.75, 3.05) is 19.6 Å². The molecule has 78 valence electrons. The summed E-state index contributed by atoms with van der Waals surface area (Å²) in [6.07, 6.45) is 1.47. The first-order valence-electron chi connectivity index (χ1n) is 5.04. The molecule has 0 aromatic carbocycles. The molecule has 0 aromatic rings. The third kappa shape index (κ3) is 2.46. The van der Waals surface area contributed by atoms with Crippen molar-refractivity contribution in [2.45, 2.75) is 32.2 Å². The molecule has 1 saturated heterocycles. The summed E-state index contributed by atoms with van der Waals surface area (Å²) in [7, 11) is 0. The highest BCUT2D eigenvalue weighted by Crippen LogP contribution is 2.21. The largest absolute Gasteiger partial charge is 0.338 e. The van der Waals surface area contributed by atoms with Crippen LogP contribution in [0.25, 0.3) is 0 Å². The van der Waals surface area contributed by atoms with Gasteiger partial charge in [0, 0.05) is 20.0 Å². The van der Waals surface area contributed by atoms with Crippen molar-refractivity contribution >= 4 is 5.91 Å². The first-order valence-corrected chi connectivity index (χ1v) is 5.04. The highest BCUT2D eigenvalue weighted by molar-refractivity contribution is 5.74. The van der Waals surface area contributed by atoms with Gasteiger partial charge < -0.3 is 10.2 Å². The van der Waals surface area contributed by atoms with Crippen LogP contribution in [0.5, 0.6) is 0 Å². The molecule has 0 bridgehead atoms. The van der Waals surface area contributed by atoms with Crippen molar-refractivity contribution < 1.29 is 4.79 Å². The molecular formula is C10H17N3O. The van der Waals surface area contributed by atoms with E-state index < -0.39 is 5.54 Å².